The Kier molecular flexibility index (Phi) is 1.15. The summed E-state index contributed by atoms with van der Waals surface area (Å²) in [4.78, 5) is 14.7. The lowest BCUT2D eigenvalue weighted by Gasteiger charge is -1.93. The van der Waals surface area contributed by atoms with Crippen molar-refractivity contribution < 1.29 is 9.63 Å². The van der Waals surface area contributed by atoms with Gasteiger partial charge in [-0.3, -0.25) is 4.79 Å². The van der Waals surface area contributed by atoms with E-state index in [1.807, 2.05) is 0 Å². The van der Waals surface area contributed by atoms with Crippen LogP contribution in [-0.4, -0.2) is 18.7 Å². The van der Waals surface area contributed by atoms with E-state index in [2.05, 4.69) is 9.99 Å². The average molecular weight is 114 g/mol. The molecule has 0 saturated carbocycles. The summed E-state index contributed by atoms with van der Waals surface area (Å²) >= 11 is 0. The summed E-state index contributed by atoms with van der Waals surface area (Å²) in [7, 11) is 0. The van der Waals surface area contributed by atoms with Gasteiger partial charge in [-0.25, -0.2) is 0 Å². The first-order valence-corrected chi connectivity index (χ1v) is 2.25. The lowest BCUT2D eigenvalue weighted by molar-refractivity contribution is -0.120. The molecule has 0 aromatic rings. The fourth-order valence-electron chi connectivity index (χ4n) is 0.438. The van der Waals surface area contributed by atoms with Crippen molar-refractivity contribution in [1.29, 1.82) is 0 Å². The Morgan fingerprint density at radius 2 is 2.75 bits per heavy atom. The molecule has 0 fully saturated rings. The van der Waals surface area contributed by atoms with Crippen LogP contribution in [0.5, 0.6) is 0 Å². The van der Waals surface area contributed by atoms with Gasteiger partial charge in [0.05, 0.1) is 6.21 Å². The maximum absolute atomic E-state index is 10.3. The van der Waals surface area contributed by atoms with Crippen molar-refractivity contribution in [2.45, 2.75) is 0 Å². The van der Waals surface area contributed by atoms with Gasteiger partial charge in [-0.2, -0.15) is 0 Å². The fourth-order valence-corrected chi connectivity index (χ4v) is 0.438. The van der Waals surface area contributed by atoms with Crippen molar-refractivity contribution >= 4 is 12.1 Å². The standard InChI is InChI=1S/C4H6N2O2/c5-4(7)3-1-6-8-2-3/h1,3H,2H2,(H2,5,7). The number of oxime groups is 1. The molecule has 4 heteroatoms. The lowest BCUT2D eigenvalue weighted by atomic mass is 10.2. The summed E-state index contributed by atoms with van der Waals surface area (Å²) in [6.07, 6.45) is 1.41. The van der Waals surface area contributed by atoms with Gasteiger partial charge in [0.15, 0.2) is 0 Å². The number of hydrogen-bond donors (Lipinski definition) is 1. The van der Waals surface area contributed by atoms with Gasteiger partial charge in [0.1, 0.15) is 12.5 Å². The molecule has 8 heavy (non-hydrogen) atoms. The van der Waals surface area contributed by atoms with Crippen molar-refractivity contribution in [2.75, 3.05) is 6.61 Å². The predicted molar refractivity (Wildman–Crippen MR) is 27.1 cm³/mol. The normalized spacial score (nSPS) is 25.2. The minimum Gasteiger partial charge on any atom is -0.395 e. The van der Waals surface area contributed by atoms with E-state index >= 15 is 0 Å². The third-order valence-electron chi connectivity index (χ3n) is 0.935. The van der Waals surface area contributed by atoms with Crippen LogP contribution in [0.1, 0.15) is 0 Å². The molecule has 0 spiro atoms. The third-order valence-corrected chi connectivity index (χ3v) is 0.935. The Morgan fingerprint density at radius 3 is 3.00 bits per heavy atom. The molecule has 1 unspecified atom stereocenters. The minimum atomic E-state index is -0.383. The Hall–Kier alpha value is -1.06. The summed E-state index contributed by atoms with van der Waals surface area (Å²) in [6.45, 7) is 0.301. The van der Waals surface area contributed by atoms with Crippen LogP contribution in [0.15, 0.2) is 5.16 Å². The molecule has 1 amide bonds. The quantitative estimate of drug-likeness (QED) is 0.480. The zero-order valence-corrected chi connectivity index (χ0v) is 4.20. The van der Waals surface area contributed by atoms with Gasteiger partial charge >= 0.3 is 0 Å². The molecule has 1 aliphatic rings. The van der Waals surface area contributed by atoms with Crippen molar-refractivity contribution in [3.63, 3.8) is 0 Å². The van der Waals surface area contributed by atoms with E-state index in [-0.39, 0.29) is 11.8 Å². The summed E-state index contributed by atoms with van der Waals surface area (Å²) in [5.41, 5.74) is 4.89. The molecule has 0 radical (unpaired) electrons. The minimum absolute atomic E-state index is 0.301. The van der Waals surface area contributed by atoms with Crippen LogP contribution >= 0.6 is 0 Å². The first kappa shape index (κ1) is 5.08. The molecule has 0 aromatic carbocycles. The number of primary amides is 1. The molecule has 0 bridgehead atoms. The van der Waals surface area contributed by atoms with Crippen LogP contribution < -0.4 is 5.73 Å². The maximum atomic E-state index is 10.3. The van der Waals surface area contributed by atoms with Gasteiger partial charge < -0.3 is 10.6 Å². The van der Waals surface area contributed by atoms with Gasteiger partial charge in [0.25, 0.3) is 0 Å². The molecule has 2 N–H and O–H groups in total. The summed E-state index contributed by atoms with van der Waals surface area (Å²) in [6, 6.07) is 0. The molecule has 44 valence electrons. The average Bonchev–Trinajstić information content (AvgIpc) is 2.12. The van der Waals surface area contributed by atoms with Crippen LogP contribution in [0, 0.1) is 5.92 Å². The van der Waals surface area contributed by atoms with E-state index in [1.165, 1.54) is 6.21 Å². The summed E-state index contributed by atoms with van der Waals surface area (Å²) in [5, 5.41) is 3.36. The number of hydrogen-bond acceptors (Lipinski definition) is 3. The first-order valence-electron chi connectivity index (χ1n) is 2.25. The van der Waals surface area contributed by atoms with Crippen LogP contribution in [-0.2, 0) is 9.63 Å². The third kappa shape index (κ3) is 0.776. The van der Waals surface area contributed by atoms with Gasteiger partial charge in [-0.15, -0.1) is 0 Å². The Labute approximate surface area is 46.3 Å². The van der Waals surface area contributed by atoms with E-state index in [4.69, 9.17) is 5.73 Å². The highest BCUT2D eigenvalue weighted by molar-refractivity contribution is 5.92. The second-order valence-corrected chi connectivity index (χ2v) is 1.56. The monoisotopic (exact) mass is 114 g/mol. The molecule has 0 aromatic heterocycles. The van der Waals surface area contributed by atoms with Crippen molar-refractivity contribution in [2.24, 2.45) is 16.8 Å². The first-order chi connectivity index (χ1) is 3.80. The highest BCUT2D eigenvalue weighted by atomic mass is 16.6. The van der Waals surface area contributed by atoms with Gasteiger partial charge in [-0.1, -0.05) is 5.16 Å². The number of carbonyl (C=O) groups is 1. The van der Waals surface area contributed by atoms with E-state index in [1.54, 1.807) is 0 Å². The van der Waals surface area contributed by atoms with Crippen LogP contribution in [0.2, 0.25) is 0 Å². The molecule has 1 aliphatic heterocycles. The number of nitrogens with two attached hydrogens (primary N) is 1. The van der Waals surface area contributed by atoms with Crippen LogP contribution in [0.3, 0.4) is 0 Å². The van der Waals surface area contributed by atoms with Crippen molar-refractivity contribution in [1.82, 2.24) is 0 Å². The molecule has 4 nitrogen and oxygen atoms in total. The smallest absolute Gasteiger partial charge is 0.229 e. The molecule has 1 rings (SSSR count). The van der Waals surface area contributed by atoms with Gasteiger partial charge in [-0.05, 0) is 0 Å². The zero-order chi connectivity index (χ0) is 5.98. The van der Waals surface area contributed by atoms with E-state index < -0.39 is 0 Å². The van der Waals surface area contributed by atoms with Gasteiger partial charge in [0.2, 0.25) is 5.91 Å². The van der Waals surface area contributed by atoms with E-state index in [0.717, 1.165) is 0 Å². The summed E-state index contributed by atoms with van der Waals surface area (Å²) < 4.78 is 0. The van der Waals surface area contributed by atoms with E-state index in [0.29, 0.717) is 6.61 Å². The SMILES string of the molecule is NC(=O)C1C=NOC1. The lowest BCUT2D eigenvalue weighted by Crippen LogP contribution is -2.24. The van der Waals surface area contributed by atoms with Gasteiger partial charge in [0, 0.05) is 0 Å². The second-order valence-electron chi connectivity index (χ2n) is 1.56. The zero-order valence-electron chi connectivity index (χ0n) is 4.20. The van der Waals surface area contributed by atoms with Crippen molar-refractivity contribution in [3.05, 3.63) is 0 Å². The van der Waals surface area contributed by atoms with Crippen LogP contribution in [0.4, 0.5) is 0 Å². The second kappa shape index (κ2) is 1.81. The molecule has 1 heterocycles. The Bertz CT molecular complexity index is 132. The molecule has 1 atom stereocenters. The highest BCUT2D eigenvalue weighted by Gasteiger charge is 2.17. The predicted octanol–water partition coefficient (Wildman–Crippen LogP) is -0.896. The van der Waals surface area contributed by atoms with E-state index in [9.17, 15) is 4.79 Å². The largest absolute Gasteiger partial charge is 0.395 e. The van der Waals surface area contributed by atoms with Crippen molar-refractivity contribution in [3.8, 4) is 0 Å². The highest BCUT2D eigenvalue weighted by Crippen LogP contribution is 1.99. The molecule has 0 aliphatic carbocycles. The maximum Gasteiger partial charge on any atom is 0.229 e. The Balaban J connectivity index is 2.48. The molecular formula is C4H6N2O2. The summed E-state index contributed by atoms with van der Waals surface area (Å²) in [5.74, 6) is -0.693. The number of carbonyl (C=O) groups excluding carboxylic acids is 1. The number of nitrogens with zero attached hydrogens (tertiary/aromatic N) is 1. The molecular weight excluding hydrogens is 108 g/mol. The Morgan fingerprint density at radius 1 is 2.00 bits per heavy atom. The fraction of sp³-hybridized carbons (Fsp3) is 0.500. The van der Waals surface area contributed by atoms with Crippen LogP contribution in [0.25, 0.3) is 0 Å². The topological polar surface area (TPSA) is 64.7 Å². The number of amides is 1. The number of rotatable bonds is 1. The molecule has 0 saturated heterocycles.